The molecule has 0 aliphatic heterocycles. The van der Waals surface area contributed by atoms with Gasteiger partial charge in [-0.25, -0.2) is 0 Å². The lowest BCUT2D eigenvalue weighted by Crippen LogP contribution is -2.45. The van der Waals surface area contributed by atoms with Gasteiger partial charge < -0.3 is 5.11 Å². The molecule has 0 bridgehead atoms. The Bertz CT molecular complexity index is 614. The summed E-state index contributed by atoms with van der Waals surface area (Å²) in [6, 6.07) is 9.06. The van der Waals surface area contributed by atoms with E-state index in [0.29, 0.717) is 18.9 Å². The van der Waals surface area contributed by atoms with E-state index < -0.39 is 22.2 Å². The molecule has 1 aromatic carbocycles. The molecule has 6 nitrogen and oxygen atoms in total. The van der Waals surface area contributed by atoms with E-state index in [0.717, 1.165) is 18.4 Å². The molecule has 1 fully saturated rings. The lowest BCUT2D eigenvalue weighted by atomic mass is 10.0. The molecular weight excluding hydrogens is 316 g/mol. The maximum Gasteiger partial charge on any atom is 0.303 e. The predicted molar refractivity (Wildman–Crippen MR) is 88.2 cm³/mol. The Labute approximate surface area is 137 Å². The number of nitrogens with one attached hydrogen (secondary N) is 1. The summed E-state index contributed by atoms with van der Waals surface area (Å²) in [5.74, 6) is -0.461. The second kappa shape index (κ2) is 7.90. The van der Waals surface area contributed by atoms with Gasteiger partial charge in [0.15, 0.2) is 0 Å². The number of benzene rings is 1. The zero-order valence-corrected chi connectivity index (χ0v) is 14.1. The van der Waals surface area contributed by atoms with E-state index in [1.165, 1.54) is 4.31 Å². The molecule has 0 spiro atoms. The maximum atomic E-state index is 12.4. The first-order valence-corrected chi connectivity index (χ1v) is 9.30. The van der Waals surface area contributed by atoms with Crippen molar-refractivity contribution in [2.24, 2.45) is 5.92 Å². The van der Waals surface area contributed by atoms with Crippen molar-refractivity contribution in [1.82, 2.24) is 9.03 Å². The summed E-state index contributed by atoms with van der Waals surface area (Å²) in [6.07, 6.45) is 2.83. The van der Waals surface area contributed by atoms with Crippen molar-refractivity contribution in [3.05, 3.63) is 35.9 Å². The Hall–Kier alpha value is -1.44. The predicted octanol–water partition coefficient (Wildman–Crippen LogP) is 1.64. The number of hydrogen-bond acceptors (Lipinski definition) is 3. The van der Waals surface area contributed by atoms with E-state index in [9.17, 15) is 13.2 Å². The molecule has 23 heavy (non-hydrogen) atoms. The van der Waals surface area contributed by atoms with Crippen LogP contribution in [0.3, 0.4) is 0 Å². The first-order valence-electron chi connectivity index (χ1n) is 7.86. The van der Waals surface area contributed by atoms with Gasteiger partial charge in [0.2, 0.25) is 0 Å². The third-order valence-corrected chi connectivity index (χ3v) is 5.57. The van der Waals surface area contributed by atoms with Crippen LogP contribution in [0.2, 0.25) is 0 Å². The van der Waals surface area contributed by atoms with Gasteiger partial charge in [0.25, 0.3) is 10.2 Å². The molecule has 1 aliphatic rings. The number of aliphatic carboxylic acids is 1. The molecule has 2 rings (SSSR count). The third-order valence-electron chi connectivity index (χ3n) is 3.97. The van der Waals surface area contributed by atoms with Crippen LogP contribution in [-0.2, 0) is 21.4 Å². The van der Waals surface area contributed by atoms with Gasteiger partial charge in [-0.05, 0) is 37.2 Å². The zero-order chi connectivity index (χ0) is 16.9. The van der Waals surface area contributed by atoms with Gasteiger partial charge in [0.1, 0.15) is 0 Å². The van der Waals surface area contributed by atoms with Gasteiger partial charge in [-0.2, -0.15) is 17.4 Å². The fourth-order valence-corrected chi connectivity index (χ4v) is 3.67. The molecule has 2 N–H and O–H groups in total. The van der Waals surface area contributed by atoms with E-state index in [1.807, 2.05) is 30.3 Å². The van der Waals surface area contributed by atoms with Crippen molar-refractivity contribution in [3.8, 4) is 0 Å². The van der Waals surface area contributed by atoms with Gasteiger partial charge in [-0.3, -0.25) is 4.79 Å². The number of carboxylic acid groups (broad SMARTS) is 1. The summed E-state index contributed by atoms with van der Waals surface area (Å²) in [4.78, 5) is 10.8. The fourth-order valence-electron chi connectivity index (χ4n) is 2.46. The van der Waals surface area contributed by atoms with Gasteiger partial charge in [0.05, 0.1) is 0 Å². The minimum Gasteiger partial charge on any atom is -0.481 e. The molecule has 0 amide bonds. The minimum atomic E-state index is -3.59. The van der Waals surface area contributed by atoms with Crippen molar-refractivity contribution in [3.63, 3.8) is 0 Å². The Kier molecular flexibility index (Phi) is 6.15. The van der Waals surface area contributed by atoms with Gasteiger partial charge >= 0.3 is 5.97 Å². The van der Waals surface area contributed by atoms with Crippen LogP contribution in [0.4, 0.5) is 0 Å². The van der Waals surface area contributed by atoms with Crippen molar-refractivity contribution in [2.45, 2.75) is 38.1 Å². The van der Waals surface area contributed by atoms with Crippen LogP contribution in [0.5, 0.6) is 0 Å². The second-order valence-electron chi connectivity index (χ2n) is 6.17. The quantitative estimate of drug-likeness (QED) is 0.678. The Morgan fingerprint density at radius 1 is 1.35 bits per heavy atom. The topological polar surface area (TPSA) is 86.7 Å². The Morgan fingerprint density at radius 3 is 2.57 bits per heavy atom. The number of carboxylic acids is 1. The molecule has 0 radical (unpaired) electrons. The van der Waals surface area contributed by atoms with Crippen LogP contribution in [-0.4, -0.2) is 43.4 Å². The lowest BCUT2D eigenvalue weighted by molar-refractivity contribution is -0.137. The van der Waals surface area contributed by atoms with E-state index in [1.54, 1.807) is 7.05 Å². The maximum absolute atomic E-state index is 12.4. The Morgan fingerprint density at radius 2 is 2.00 bits per heavy atom. The van der Waals surface area contributed by atoms with Crippen LogP contribution in [0.1, 0.15) is 31.2 Å². The van der Waals surface area contributed by atoms with Gasteiger partial charge in [-0.1, -0.05) is 30.3 Å². The molecule has 1 aliphatic carbocycles. The molecule has 1 unspecified atom stereocenters. The summed E-state index contributed by atoms with van der Waals surface area (Å²) >= 11 is 0. The van der Waals surface area contributed by atoms with Crippen molar-refractivity contribution >= 4 is 16.2 Å². The molecule has 0 heterocycles. The molecule has 1 atom stereocenters. The number of hydrogen-bond donors (Lipinski definition) is 2. The number of carbonyl (C=O) groups is 1. The summed E-state index contributed by atoms with van der Waals surface area (Å²) in [6.45, 7) is 0.520. The first-order chi connectivity index (χ1) is 10.9. The smallest absolute Gasteiger partial charge is 0.303 e. The fraction of sp³-hybridized carbons (Fsp3) is 0.562. The highest BCUT2D eigenvalue weighted by Crippen LogP contribution is 2.29. The lowest BCUT2D eigenvalue weighted by Gasteiger charge is -2.23. The molecule has 1 saturated carbocycles. The number of rotatable bonds is 10. The monoisotopic (exact) mass is 340 g/mol. The molecule has 128 valence electrons. The van der Waals surface area contributed by atoms with Crippen molar-refractivity contribution in [2.75, 3.05) is 13.6 Å². The van der Waals surface area contributed by atoms with Gasteiger partial charge in [0, 0.05) is 26.1 Å². The zero-order valence-electron chi connectivity index (χ0n) is 13.3. The summed E-state index contributed by atoms with van der Waals surface area (Å²) in [7, 11) is -2.03. The molecule has 1 aromatic rings. The molecule has 7 heteroatoms. The van der Waals surface area contributed by atoms with Crippen LogP contribution in [0, 0.1) is 5.92 Å². The third kappa shape index (κ3) is 6.29. The summed E-state index contributed by atoms with van der Waals surface area (Å²) < 4.78 is 28.8. The molecule has 0 aromatic heterocycles. The Balaban J connectivity index is 2.01. The highest BCUT2D eigenvalue weighted by Gasteiger charge is 2.29. The van der Waals surface area contributed by atoms with Crippen LogP contribution in [0.15, 0.2) is 30.3 Å². The second-order valence-corrected chi connectivity index (χ2v) is 7.98. The van der Waals surface area contributed by atoms with Crippen molar-refractivity contribution in [1.29, 1.82) is 0 Å². The highest BCUT2D eigenvalue weighted by atomic mass is 32.2. The van der Waals surface area contributed by atoms with Crippen molar-refractivity contribution < 1.29 is 18.3 Å². The largest absolute Gasteiger partial charge is 0.481 e. The average molecular weight is 340 g/mol. The molecule has 0 saturated heterocycles. The van der Waals surface area contributed by atoms with E-state index >= 15 is 0 Å². The standard InChI is InChI=1S/C16H24N2O4S/c1-18(12-14-7-8-14)23(21,22)17-15(9-10-16(19)20)11-13-5-3-2-4-6-13/h2-6,14-15,17H,7-12H2,1H3,(H,19,20). The average Bonchev–Trinajstić information content (AvgIpc) is 3.29. The summed E-state index contributed by atoms with van der Waals surface area (Å²) in [5, 5.41) is 8.88. The normalized spacial score (nSPS) is 16.4. The van der Waals surface area contributed by atoms with E-state index in [4.69, 9.17) is 5.11 Å². The molecular formula is C16H24N2O4S. The van der Waals surface area contributed by atoms with E-state index in [-0.39, 0.29) is 12.8 Å². The van der Waals surface area contributed by atoms with E-state index in [2.05, 4.69) is 4.72 Å². The first kappa shape index (κ1) is 17.9. The van der Waals surface area contributed by atoms with Gasteiger partial charge in [-0.15, -0.1) is 0 Å². The van der Waals surface area contributed by atoms with Crippen LogP contribution >= 0.6 is 0 Å². The highest BCUT2D eigenvalue weighted by molar-refractivity contribution is 7.87. The SMILES string of the molecule is CN(CC1CC1)S(=O)(=O)NC(CCC(=O)O)Cc1ccccc1. The summed E-state index contributed by atoms with van der Waals surface area (Å²) in [5.41, 5.74) is 0.982. The van der Waals surface area contributed by atoms with Crippen LogP contribution in [0.25, 0.3) is 0 Å². The number of nitrogens with zero attached hydrogens (tertiary/aromatic N) is 1. The minimum absolute atomic E-state index is 0.0631. The van der Waals surface area contributed by atoms with Crippen LogP contribution < -0.4 is 4.72 Å².